The molecule has 4 heterocycles. The van der Waals surface area contributed by atoms with Gasteiger partial charge in [-0.15, -0.1) is 0 Å². The van der Waals surface area contributed by atoms with Gasteiger partial charge < -0.3 is 31.9 Å². The lowest BCUT2D eigenvalue weighted by Gasteiger charge is -2.38. The van der Waals surface area contributed by atoms with Gasteiger partial charge in [-0.1, -0.05) is 66.7 Å². The molecule has 0 spiro atoms. The van der Waals surface area contributed by atoms with Gasteiger partial charge in [0.2, 0.25) is 41.4 Å². The van der Waals surface area contributed by atoms with E-state index in [9.17, 15) is 38.4 Å². The second kappa shape index (κ2) is 20.5. The molecule has 67 heavy (non-hydrogen) atoms. The number of nitrogens with two attached hydrogens (primary N) is 2. The Morgan fingerprint density at radius 3 is 2.12 bits per heavy atom. The number of nitrogens with one attached hydrogen (secondary N) is 3. The molecule has 0 radical (unpaired) electrons. The Balaban J connectivity index is 0.847. The largest absolute Gasteiger partial charge is 0.370 e. The van der Waals surface area contributed by atoms with E-state index < -0.39 is 59.7 Å². The number of imidazole rings is 1. The van der Waals surface area contributed by atoms with Crippen molar-refractivity contribution in [2.75, 3.05) is 13.1 Å². The minimum Gasteiger partial charge on any atom is -0.370 e. The van der Waals surface area contributed by atoms with Crippen molar-refractivity contribution < 1.29 is 33.6 Å². The number of nitrogens with zero attached hydrogens (tertiary/aromatic N) is 4. The molecule has 3 saturated heterocycles. The molecule has 354 valence electrons. The highest BCUT2D eigenvalue weighted by Crippen LogP contribution is 2.35. The average molecular weight is 916 g/mol. The molecule has 4 aliphatic rings. The molecule has 3 aromatic carbocycles. The lowest BCUT2D eigenvalue weighted by molar-refractivity contribution is -0.145. The Morgan fingerprint density at radius 1 is 0.791 bits per heavy atom. The third-order valence-corrected chi connectivity index (χ3v) is 14.4. The van der Waals surface area contributed by atoms with Gasteiger partial charge in [-0.2, -0.15) is 0 Å². The minimum atomic E-state index is -1.11. The zero-order valence-electron chi connectivity index (χ0n) is 37.9. The number of amides is 7. The number of primary amides is 1. The fraction of sp³-hybridized carbons (Fsp3) is 0.480. The van der Waals surface area contributed by atoms with E-state index in [-0.39, 0.29) is 61.7 Å². The summed E-state index contributed by atoms with van der Waals surface area (Å²) in [6.45, 7) is 0.426. The maximum absolute atomic E-state index is 14.1. The molecule has 0 unspecified atom stereocenters. The summed E-state index contributed by atoms with van der Waals surface area (Å²) in [4.78, 5) is 109. The quantitative estimate of drug-likeness (QED) is 0.117. The van der Waals surface area contributed by atoms with Gasteiger partial charge in [0.05, 0.1) is 17.1 Å². The van der Waals surface area contributed by atoms with E-state index in [1.54, 1.807) is 21.4 Å². The Bertz CT molecular complexity index is 2530. The molecule has 5 atom stereocenters. The molecule has 17 heteroatoms. The molecule has 1 saturated carbocycles. The van der Waals surface area contributed by atoms with E-state index in [2.05, 4.69) is 16.0 Å². The number of hydrogen-bond donors (Lipinski definition) is 5. The first-order chi connectivity index (χ1) is 32.2. The van der Waals surface area contributed by atoms with Crippen LogP contribution in [0.1, 0.15) is 106 Å². The minimum absolute atomic E-state index is 0.0319. The highest BCUT2D eigenvalue weighted by molar-refractivity contribution is 6.00. The number of carbonyl (C=O) groups excluding carboxylic acids is 7. The van der Waals surface area contributed by atoms with Crippen LogP contribution < -0.4 is 33.1 Å². The number of fused-ring (bicyclic) bond motifs is 2. The standard InChI is InChI=1S/C50H61N9O8/c1-56-41-27-32(16-19-38(41)59(50(56)67)40-21-23-43(61)54-48(40)65)26-30-12-14-31(15-13-30)28-44(62)57-25-24-35-17-20-39(58(35)49(66)36(51)29-57)47(64)53-37(18-22-42(52)60)46(63)55-45(33-8-4-2-5-9-33)34-10-6-3-7-11-34/h2-11,16,19,27,30-31,35-37,39-40,45H,12-15,17-18,20-26,28-29,51H2,1H3,(H2,52,60)(H,53,64)(H,55,63)(H,54,61,65)/t30-,31+,35-,36+,37+,39+,40-/m1/s1. The van der Waals surface area contributed by atoms with Gasteiger partial charge in [0.15, 0.2) is 0 Å². The van der Waals surface area contributed by atoms with Crippen molar-refractivity contribution >= 4 is 52.4 Å². The number of carbonyl (C=O) groups is 7. The first kappa shape index (κ1) is 46.9. The number of imide groups is 1. The normalized spacial score (nSPS) is 23.8. The summed E-state index contributed by atoms with van der Waals surface area (Å²) in [5.74, 6) is -2.27. The van der Waals surface area contributed by atoms with E-state index in [0.717, 1.165) is 54.3 Å². The number of benzene rings is 3. The predicted molar refractivity (Wildman–Crippen MR) is 248 cm³/mol. The second-order valence-corrected chi connectivity index (χ2v) is 18.9. The molecule has 7 N–H and O–H groups in total. The molecular formula is C50H61N9O8. The SMILES string of the molecule is Cn1c(=O)n([C@@H]2CCC(=O)NC2=O)c2ccc(C[C@H]3CC[C@@H](CC(=O)N4CC[C@H]5CC[C@@H](C(=O)N[C@@H](CCC(N)=O)C(=O)NC(c6ccccc6)c6ccccc6)N5C(=O)[C@@H](N)C4)CC3)cc21. The third-order valence-electron chi connectivity index (χ3n) is 14.4. The molecular weight excluding hydrogens is 855 g/mol. The number of rotatable bonds is 14. The smallest absolute Gasteiger partial charge is 0.329 e. The number of hydrogen-bond acceptors (Lipinski definition) is 9. The zero-order valence-corrected chi connectivity index (χ0v) is 37.9. The van der Waals surface area contributed by atoms with Crippen LogP contribution in [-0.2, 0) is 47.0 Å². The fourth-order valence-electron chi connectivity index (χ4n) is 10.7. The average Bonchev–Trinajstić information content (AvgIpc) is 3.85. The summed E-state index contributed by atoms with van der Waals surface area (Å²) in [5.41, 5.74) is 15.9. The van der Waals surface area contributed by atoms with Crippen LogP contribution in [0.5, 0.6) is 0 Å². The first-order valence-electron chi connectivity index (χ1n) is 23.6. The third kappa shape index (κ3) is 10.5. The van der Waals surface area contributed by atoms with E-state index in [1.807, 2.05) is 78.9 Å². The van der Waals surface area contributed by atoms with Crippen molar-refractivity contribution in [1.82, 2.24) is 34.9 Å². The summed E-state index contributed by atoms with van der Waals surface area (Å²) in [6, 6.07) is 20.1. The molecule has 8 rings (SSSR count). The predicted octanol–water partition coefficient (Wildman–Crippen LogP) is 2.63. The van der Waals surface area contributed by atoms with Crippen LogP contribution in [0.3, 0.4) is 0 Å². The van der Waals surface area contributed by atoms with E-state index in [0.29, 0.717) is 43.7 Å². The summed E-state index contributed by atoms with van der Waals surface area (Å²) in [7, 11) is 1.69. The Morgan fingerprint density at radius 2 is 1.46 bits per heavy atom. The summed E-state index contributed by atoms with van der Waals surface area (Å²) in [6.07, 6.45) is 6.47. The van der Waals surface area contributed by atoms with E-state index >= 15 is 0 Å². The van der Waals surface area contributed by atoms with E-state index in [4.69, 9.17) is 11.5 Å². The monoisotopic (exact) mass is 915 g/mol. The summed E-state index contributed by atoms with van der Waals surface area (Å²) in [5, 5.41) is 8.27. The van der Waals surface area contributed by atoms with Crippen LogP contribution in [0.15, 0.2) is 83.7 Å². The Kier molecular flexibility index (Phi) is 14.3. The number of piperidine rings is 1. The van der Waals surface area contributed by atoms with Crippen molar-refractivity contribution in [2.45, 2.75) is 120 Å². The van der Waals surface area contributed by atoms with Crippen molar-refractivity contribution in [3.05, 3.63) is 106 Å². The van der Waals surface area contributed by atoms with Gasteiger partial charge in [-0.25, -0.2) is 4.79 Å². The van der Waals surface area contributed by atoms with Gasteiger partial charge in [-0.05, 0) is 105 Å². The summed E-state index contributed by atoms with van der Waals surface area (Å²) >= 11 is 0. The fourth-order valence-corrected chi connectivity index (χ4v) is 10.7. The maximum atomic E-state index is 14.1. The van der Waals surface area contributed by atoms with E-state index in [1.165, 1.54) is 4.57 Å². The van der Waals surface area contributed by atoms with Gasteiger partial charge in [0, 0.05) is 45.4 Å². The van der Waals surface area contributed by atoms with Crippen LogP contribution in [0.4, 0.5) is 0 Å². The zero-order chi connectivity index (χ0) is 47.4. The highest BCUT2D eigenvalue weighted by Gasteiger charge is 2.45. The molecule has 7 amide bonds. The molecule has 4 fully saturated rings. The Hall–Kier alpha value is -6.62. The van der Waals surface area contributed by atoms with Gasteiger partial charge in [0.25, 0.3) is 0 Å². The first-order valence-corrected chi connectivity index (χ1v) is 23.6. The lowest BCUT2D eigenvalue weighted by atomic mass is 9.78. The van der Waals surface area contributed by atoms with Crippen LogP contribution in [-0.4, -0.2) is 97.5 Å². The van der Waals surface area contributed by atoms with Crippen LogP contribution in [0.25, 0.3) is 11.0 Å². The molecule has 1 aliphatic carbocycles. The lowest BCUT2D eigenvalue weighted by Crippen LogP contribution is -2.60. The van der Waals surface area contributed by atoms with Crippen LogP contribution >= 0.6 is 0 Å². The number of aryl methyl sites for hydroxylation is 1. The van der Waals surface area contributed by atoms with Crippen molar-refractivity contribution in [2.24, 2.45) is 30.4 Å². The van der Waals surface area contributed by atoms with Crippen molar-refractivity contribution in [1.29, 1.82) is 0 Å². The molecule has 17 nitrogen and oxygen atoms in total. The van der Waals surface area contributed by atoms with Crippen LogP contribution in [0.2, 0.25) is 0 Å². The molecule has 0 bridgehead atoms. The topological polar surface area (TPSA) is 241 Å². The number of aromatic nitrogens is 2. The molecule has 4 aromatic rings. The van der Waals surface area contributed by atoms with Gasteiger partial charge in [-0.3, -0.25) is 48.0 Å². The Labute approximate surface area is 389 Å². The summed E-state index contributed by atoms with van der Waals surface area (Å²) < 4.78 is 3.04. The maximum Gasteiger partial charge on any atom is 0.329 e. The van der Waals surface area contributed by atoms with Crippen molar-refractivity contribution in [3.8, 4) is 0 Å². The van der Waals surface area contributed by atoms with Gasteiger partial charge in [0.1, 0.15) is 24.2 Å². The highest BCUT2D eigenvalue weighted by atomic mass is 16.2. The molecule has 1 aromatic heterocycles. The van der Waals surface area contributed by atoms with Crippen molar-refractivity contribution in [3.63, 3.8) is 0 Å². The molecule has 3 aliphatic heterocycles. The second-order valence-electron chi connectivity index (χ2n) is 18.9. The van der Waals surface area contributed by atoms with Crippen LogP contribution in [0, 0.1) is 11.8 Å². The van der Waals surface area contributed by atoms with Gasteiger partial charge >= 0.3 is 5.69 Å².